The van der Waals surface area contributed by atoms with Crippen molar-refractivity contribution in [3.05, 3.63) is 0 Å². The van der Waals surface area contributed by atoms with E-state index in [0.717, 1.165) is 5.88 Å². The Bertz CT molecular complexity index is 101. The zero-order valence-corrected chi connectivity index (χ0v) is 7.57. The first-order valence-corrected chi connectivity index (χ1v) is 4.70. The van der Waals surface area contributed by atoms with E-state index in [0.29, 0.717) is 0 Å². The molecule has 0 saturated heterocycles. The van der Waals surface area contributed by atoms with Crippen molar-refractivity contribution in [2.24, 2.45) is 0 Å². The number of halogens is 1. The van der Waals surface area contributed by atoms with E-state index in [-0.39, 0.29) is 0 Å². The zero-order valence-electron chi connectivity index (χ0n) is 5.92. The molecule has 0 spiro atoms. The van der Waals surface area contributed by atoms with Crippen LogP contribution >= 0.6 is 11.6 Å². The van der Waals surface area contributed by atoms with Crippen molar-refractivity contribution in [1.82, 2.24) is 0 Å². The first-order chi connectivity index (χ1) is 4.65. The second-order valence-electron chi connectivity index (χ2n) is 1.63. The molecule has 0 aliphatic rings. The predicted octanol–water partition coefficient (Wildman–Crippen LogP) is 1.49. The number of rotatable bonds is 3. The fourth-order valence-electron chi connectivity index (χ4n) is 0.344. The fraction of sp³-hybridized carbons (Fsp3) is 1.00. The molecule has 1 N–H and O–H groups in total. The lowest BCUT2D eigenvalue weighted by Gasteiger charge is -1.84. The molecule has 0 saturated carbocycles. The van der Waals surface area contributed by atoms with Gasteiger partial charge in [-0.25, -0.2) is 8.42 Å². The molecule has 0 aliphatic carbocycles. The molecular formula is C5H13ClO3S. The molecule has 3 nitrogen and oxygen atoms in total. The molecule has 0 rings (SSSR count). The molecule has 0 heterocycles. The van der Waals surface area contributed by atoms with Crippen LogP contribution in [0.2, 0.25) is 0 Å². The lowest BCUT2D eigenvalue weighted by atomic mass is 10.3. The molecule has 0 radical (unpaired) electrons. The summed E-state index contributed by atoms with van der Waals surface area (Å²) in [5, 5.41) is 0. The number of unbranched alkanes of at least 4 members (excludes halogenated alkanes) is 2. The van der Waals surface area contributed by atoms with Gasteiger partial charge in [0, 0.05) is 5.88 Å². The standard InChI is InChI=1S/C5H11Cl.H2O3S/c1-2-3-4-5-6;1-4(2)3/h2-5H2,1H3;4H,(H,1,2,3). The number of hydrogen-bond donors (Lipinski definition) is 2. The Morgan fingerprint density at radius 2 is 1.80 bits per heavy atom. The summed E-state index contributed by atoms with van der Waals surface area (Å²) in [4.78, 5) is 0. The Labute approximate surface area is 68.2 Å². The number of alkyl halides is 1. The molecule has 0 unspecified atom stereocenters. The third kappa shape index (κ3) is 41.5. The van der Waals surface area contributed by atoms with Gasteiger partial charge in [-0.05, 0) is 6.42 Å². The monoisotopic (exact) mass is 188 g/mol. The molecule has 0 aliphatic heterocycles. The van der Waals surface area contributed by atoms with Crippen molar-refractivity contribution in [3.63, 3.8) is 0 Å². The Morgan fingerprint density at radius 3 is 1.90 bits per heavy atom. The van der Waals surface area contributed by atoms with Gasteiger partial charge < -0.3 is 0 Å². The van der Waals surface area contributed by atoms with Crippen molar-refractivity contribution in [3.8, 4) is 0 Å². The second-order valence-corrected chi connectivity index (χ2v) is 2.49. The topological polar surface area (TPSA) is 54.4 Å². The summed E-state index contributed by atoms with van der Waals surface area (Å²) in [6, 6.07) is 0. The summed E-state index contributed by atoms with van der Waals surface area (Å²) in [5.74, 6) is 0.827. The highest BCUT2D eigenvalue weighted by molar-refractivity contribution is 7.66. The van der Waals surface area contributed by atoms with Gasteiger partial charge in [-0.1, -0.05) is 19.8 Å². The first-order valence-electron chi connectivity index (χ1n) is 3.04. The summed E-state index contributed by atoms with van der Waals surface area (Å²) in [6.07, 6.45) is 3.73. The van der Waals surface area contributed by atoms with Gasteiger partial charge >= 0.3 is 0 Å². The predicted molar refractivity (Wildman–Crippen MR) is 43.2 cm³/mol. The largest absolute Gasteiger partial charge is 0.288 e. The van der Waals surface area contributed by atoms with Crippen LogP contribution in [-0.2, 0) is 11.0 Å². The molecule has 0 amide bonds. The van der Waals surface area contributed by atoms with Crippen molar-refractivity contribution < 1.29 is 13.0 Å². The van der Waals surface area contributed by atoms with E-state index < -0.39 is 11.0 Å². The molecule has 0 aromatic carbocycles. The lowest BCUT2D eigenvalue weighted by Crippen LogP contribution is -1.70. The van der Waals surface area contributed by atoms with Gasteiger partial charge in [0.15, 0.2) is 0 Å². The summed E-state index contributed by atoms with van der Waals surface area (Å²) in [6.45, 7) is 2.17. The Hall–Kier alpha value is 0.200. The average molecular weight is 189 g/mol. The molecule has 64 valence electrons. The molecule has 0 bridgehead atoms. The molecular weight excluding hydrogens is 176 g/mol. The van der Waals surface area contributed by atoms with E-state index in [4.69, 9.17) is 24.6 Å². The number of hydrogen-bond acceptors (Lipinski definition) is 2. The third-order valence-electron chi connectivity index (χ3n) is 0.737. The SMILES string of the molecule is CCCCCCl.O=[SH](=O)O. The molecule has 0 aromatic heterocycles. The van der Waals surface area contributed by atoms with E-state index in [2.05, 4.69) is 6.92 Å². The molecule has 0 aromatic rings. The highest BCUT2D eigenvalue weighted by Crippen LogP contribution is 1.93. The van der Waals surface area contributed by atoms with Crippen LogP contribution in [0, 0.1) is 0 Å². The fourth-order valence-corrected chi connectivity index (χ4v) is 0.533. The lowest BCUT2D eigenvalue weighted by molar-refractivity contribution is 0.509. The Kier molecular flexibility index (Phi) is 15.3. The summed E-state index contributed by atoms with van der Waals surface area (Å²) >= 11 is 5.38. The van der Waals surface area contributed by atoms with Gasteiger partial charge in [0.2, 0.25) is 0 Å². The van der Waals surface area contributed by atoms with Crippen molar-refractivity contribution >= 4 is 22.6 Å². The van der Waals surface area contributed by atoms with E-state index in [1.165, 1.54) is 19.3 Å². The van der Waals surface area contributed by atoms with Gasteiger partial charge in [-0.3, -0.25) is 4.55 Å². The minimum absolute atomic E-state index is 0.827. The van der Waals surface area contributed by atoms with Crippen LogP contribution in [0.3, 0.4) is 0 Å². The highest BCUT2D eigenvalue weighted by Gasteiger charge is 1.76. The minimum atomic E-state index is -3.12. The number of thiol groups is 1. The van der Waals surface area contributed by atoms with E-state index in [1.807, 2.05) is 0 Å². The van der Waals surface area contributed by atoms with Crippen molar-refractivity contribution in [2.45, 2.75) is 26.2 Å². The summed E-state index contributed by atoms with van der Waals surface area (Å²) < 4.78 is 24.2. The van der Waals surface area contributed by atoms with Gasteiger partial charge in [-0.2, -0.15) is 0 Å². The summed E-state index contributed by atoms with van der Waals surface area (Å²) in [7, 11) is -3.12. The van der Waals surface area contributed by atoms with Gasteiger partial charge in [-0.15, -0.1) is 11.6 Å². The van der Waals surface area contributed by atoms with E-state index in [9.17, 15) is 0 Å². The van der Waals surface area contributed by atoms with E-state index >= 15 is 0 Å². The summed E-state index contributed by atoms with van der Waals surface area (Å²) in [5.41, 5.74) is 0. The average Bonchev–Trinajstić information content (AvgIpc) is 1.82. The maximum absolute atomic E-state index is 8.59. The maximum atomic E-state index is 8.59. The Morgan fingerprint density at radius 1 is 1.40 bits per heavy atom. The van der Waals surface area contributed by atoms with Gasteiger partial charge in [0.05, 0.1) is 0 Å². The van der Waals surface area contributed by atoms with Gasteiger partial charge in [0.1, 0.15) is 0 Å². The minimum Gasteiger partial charge on any atom is -0.288 e. The van der Waals surface area contributed by atoms with Crippen molar-refractivity contribution in [1.29, 1.82) is 0 Å². The zero-order chi connectivity index (χ0) is 8.41. The van der Waals surface area contributed by atoms with Crippen LogP contribution in [-0.4, -0.2) is 18.9 Å². The Balaban J connectivity index is 0. The van der Waals surface area contributed by atoms with Crippen LogP contribution in [0.25, 0.3) is 0 Å². The third-order valence-corrected chi connectivity index (χ3v) is 1.00. The maximum Gasteiger partial charge on any atom is 0.254 e. The second kappa shape index (κ2) is 11.9. The van der Waals surface area contributed by atoms with Crippen LogP contribution in [0.15, 0.2) is 0 Å². The normalized spacial score (nSPS) is 8.80. The van der Waals surface area contributed by atoms with E-state index in [1.54, 1.807) is 0 Å². The quantitative estimate of drug-likeness (QED) is 0.305. The molecule has 0 fully saturated rings. The highest BCUT2D eigenvalue weighted by atomic mass is 35.5. The molecule has 0 atom stereocenters. The smallest absolute Gasteiger partial charge is 0.254 e. The first kappa shape index (κ1) is 12.8. The van der Waals surface area contributed by atoms with Crippen LogP contribution in [0.4, 0.5) is 0 Å². The van der Waals surface area contributed by atoms with Crippen molar-refractivity contribution in [2.75, 3.05) is 5.88 Å². The van der Waals surface area contributed by atoms with Crippen LogP contribution in [0.1, 0.15) is 26.2 Å². The van der Waals surface area contributed by atoms with Gasteiger partial charge in [0.25, 0.3) is 11.0 Å². The van der Waals surface area contributed by atoms with Crippen LogP contribution < -0.4 is 0 Å². The molecule has 10 heavy (non-hydrogen) atoms. The molecule has 5 heteroatoms. The van der Waals surface area contributed by atoms with Crippen LogP contribution in [0.5, 0.6) is 0 Å².